The van der Waals surface area contributed by atoms with Crippen molar-refractivity contribution >= 4 is 58.1 Å². The van der Waals surface area contributed by atoms with E-state index in [1.165, 1.54) is 10.9 Å². The number of anilines is 1. The summed E-state index contributed by atoms with van der Waals surface area (Å²) in [6.07, 6.45) is -8.86. The van der Waals surface area contributed by atoms with Gasteiger partial charge in [0, 0.05) is 6.20 Å². The molecule has 45 heavy (non-hydrogen) atoms. The Kier molecular flexibility index (Phi) is 7.50. The zero-order valence-electron chi connectivity index (χ0n) is 22.5. The molecule has 0 aromatic carbocycles. The van der Waals surface area contributed by atoms with E-state index < -0.39 is 94.1 Å². The van der Waals surface area contributed by atoms with Gasteiger partial charge in [-0.1, -0.05) is 0 Å². The van der Waals surface area contributed by atoms with Crippen LogP contribution in [0, 0.1) is 5.82 Å². The van der Waals surface area contributed by atoms with Gasteiger partial charge in [0.25, 0.3) is 20.5 Å². The molecule has 7 heterocycles. The monoisotopic (exact) mass is 666 g/mol. The van der Waals surface area contributed by atoms with Crippen LogP contribution in [-0.2, 0) is 36.7 Å². The number of aromatic amines is 1. The Morgan fingerprint density at radius 3 is 2.38 bits per heavy atom. The number of halogens is 2. The van der Waals surface area contributed by atoms with Crippen molar-refractivity contribution < 1.29 is 50.6 Å². The highest BCUT2D eigenvalue weighted by molar-refractivity contribution is 7.79. The number of aromatic nitrogens is 7. The quantitative estimate of drug-likeness (QED) is 0.191. The number of nitrogens with two attached hydrogens (primary N) is 1. The molecule has 7 rings (SSSR count). The summed E-state index contributed by atoms with van der Waals surface area (Å²) in [6.45, 7) is -1.49. The Labute approximate surface area is 252 Å². The second-order valence-corrected chi connectivity index (χ2v) is 13.4. The lowest BCUT2D eigenvalue weighted by molar-refractivity contribution is -0.0558. The first-order valence-electron chi connectivity index (χ1n) is 13.1. The fourth-order valence-corrected chi connectivity index (χ4v) is 7.47. The van der Waals surface area contributed by atoms with Crippen molar-refractivity contribution in [3.8, 4) is 0 Å². The average Bonchev–Trinajstić information content (AvgIpc) is 3.71. The van der Waals surface area contributed by atoms with Crippen LogP contribution >= 0.6 is 14.9 Å². The summed E-state index contributed by atoms with van der Waals surface area (Å²) in [5.41, 5.74) is 5.08. The number of H-pyrrole nitrogens is 1. The Balaban J connectivity index is 1.17. The molecule has 24 heteroatoms. The van der Waals surface area contributed by atoms with Crippen LogP contribution in [0.15, 0.2) is 30.0 Å². The largest absolute Gasteiger partial charge is 0.386 e. The lowest BCUT2D eigenvalue weighted by Gasteiger charge is -2.30. The van der Waals surface area contributed by atoms with Gasteiger partial charge in [0.1, 0.15) is 47.8 Å². The maximum absolute atomic E-state index is 15.9. The number of hydrogen-bond donors (Lipinski definition) is 3. The molecule has 4 radical (unpaired) electrons. The molecule has 10 atom stereocenters. The molecule has 0 saturated carbocycles. The number of nitrogens with zero attached hydrogens (tertiary/aromatic N) is 6. The Morgan fingerprint density at radius 1 is 0.978 bits per heavy atom. The van der Waals surface area contributed by atoms with Gasteiger partial charge in [-0.05, 0) is 0 Å². The molecule has 3 aliphatic rings. The second-order valence-electron chi connectivity index (χ2n) is 10.3. The van der Waals surface area contributed by atoms with Crippen LogP contribution in [0.25, 0.3) is 22.2 Å². The van der Waals surface area contributed by atoms with Gasteiger partial charge in [-0.2, -0.15) is 0 Å². The third kappa shape index (κ3) is 5.33. The number of alkyl halides is 1. The van der Waals surface area contributed by atoms with E-state index in [-0.39, 0.29) is 22.6 Å². The zero-order chi connectivity index (χ0) is 31.8. The Hall–Kier alpha value is -3.06. The number of rotatable bonds is 2. The van der Waals surface area contributed by atoms with E-state index in [9.17, 15) is 23.4 Å². The van der Waals surface area contributed by atoms with Crippen LogP contribution in [0.2, 0.25) is 0 Å². The van der Waals surface area contributed by atoms with Crippen molar-refractivity contribution in [2.75, 3.05) is 18.9 Å². The summed E-state index contributed by atoms with van der Waals surface area (Å²) in [6, 6.07) is 0. The van der Waals surface area contributed by atoms with Crippen LogP contribution in [0.5, 0.6) is 0 Å². The van der Waals surface area contributed by atoms with Crippen LogP contribution in [-0.4, -0.2) is 104 Å². The molecule has 3 aliphatic heterocycles. The highest BCUT2D eigenvalue weighted by Crippen LogP contribution is 2.53. The molecule has 3 fully saturated rings. The van der Waals surface area contributed by atoms with Gasteiger partial charge in [-0.3, -0.25) is 18.5 Å². The number of imidazole rings is 1. The Bertz CT molecular complexity index is 1950. The standard InChI is InChI=1S/C21H20B2F2N8O10P2/c22-44(36)39-3-9-15(13(34)21(41-9)32-1-7(24)10-17(32)28-5-30-19(10)35)43-45(23,37)38-2-8-14(42-44)11(25)20(40-8)33-6-31-12-16(26)27-4-29-18(12)33/h1,4-6,8-9,11,13-15,20-21,34H,2-3H2,(H2,26,27,29)(H,28,30,35)/t8-,9-,11+,13+,14?,15?,20-,21-,44?,45?/m1/s1. The molecule has 18 nitrogen and oxygen atoms in total. The summed E-state index contributed by atoms with van der Waals surface area (Å²) >= 11 is 0. The van der Waals surface area contributed by atoms with E-state index in [1.807, 2.05) is 0 Å². The van der Waals surface area contributed by atoms with E-state index in [1.54, 1.807) is 0 Å². The van der Waals surface area contributed by atoms with Gasteiger partial charge in [-0.15, -0.1) is 0 Å². The van der Waals surface area contributed by atoms with Crippen LogP contribution in [0.1, 0.15) is 12.5 Å². The first-order chi connectivity index (χ1) is 21.3. The van der Waals surface area contributed by atoms with E-state index in [0.717, 1.165) is 23.4 Å². The van der Waals surface area contributed by atoms with E-state index in [0.29, 0.717) is 0 Å². The third-order valence-corrected chi connectivity index (χ3v) is 9.55. The number of nitrogens with one attached hydrogen (secondary N) is 1. The zero-order valence-corrected chi connectivity index (χ0v) is 24.3. The van der Waals surface area contributed by atoms with Crippen LogP contribution in [0.4, 0.5) is 14.6 Å². The molecule has 4 unspecified atom stereocenters. The highest BCUT2D eigenvalue weighted by Gasteiger charge is 2.53. The minimum Gasteiger partial charge on any atom is -0.386 e. The molecular formula is C21H20B2F2N8O10P2. The van der Waals surface area contributed by atoms with Gasteiger partial charge in [0.05, 0.1) is 25.9 Å². The predicted octanol–water partition coefficient (Wildman–Crippen LogP) is 0.150. The summed E-state index contributed by atoms with van der Waals surface area (Å²) in [7, 11) is 2.41. The molecule has 3 saturated heterocycles. The van der Waals surface area contributed by atoms with Crippen molar-refractivity contribution in [3.63, 3.8) is 0 Å². The van der Waals surface area contributed by atoms with Gasteiger partial charge in [-0.25, -0.2) is 28.7 Å². The van der Waals surface area contributed by atoms with Crippen molar-refractivity contribution in [2.45, 2.75) is 49.1 Å². The van der Waals surface area contributed by atoms with Gasteiger partial charge < -0.3 is 48.0 Å². The molecule has 4 aromatic heterocycles. The Morgan fingerprint density at radius 2 is 1.64 bits per heavy atom. The summed E-state index contributed by atoms with van der Waals surface area (Å²) in [4.78, 5) is 30.3. The van der Waals surface area contributed by atoms with E-state index in [4.69, 9.17) is 48.4 Å². The van der Waals surface area contributed by atoms with Gasteiger partial charge >= 0.3 is 0 Å². The number of ether oxygens (including phenoxy) is 2. The summed E-state index contributed by atoms with van der Waals surface area (Å²) in [5, 5.41) is 10.7. The summed E-state index contributed by atoms with van der Waals surface area (Å²) in [5.74, 6) is -0.951. The normalized spacial score (nSPS) is 37.7. The molecule has 0 aliphatic carbocycles. The fraction of sp³-hybridized carbons (Fsp3) is 0.476. The third-order valence-electron chi connectivity index (χ3n) is 7.46. The number of nitrogen functional groups attached to an aromatic ring is 1. The van der Waals surface area contributed by atoms with Gasteiger partial charge in [0.2, 0.25) is 15.1 Å². The molecule has 4 aromatic rings. The smallest absolute Gasteiger partial charge is 0.264 e. The van der Waals surface area contributed by atoms with Crippen molar-refractivity contribution in [3.05, 3.63) is 41.3 Å². The van der Waals surface area contributed by atoms with E-state index >= 15 is 4.39 Å². The van der Waals surface area contributed by atoms with Crippen molar-refractivity contribution in [2.24, 2.45) is 0 Å². The number of aliphatic hydroxyl groups excluding tert-OH is 1. The maximum Gasteiger partial charge on any atom is 0.264 e. The molecule has 0 bridgehead atoms. The molecule has 0 spiro atoms. The minimum absolute atomic E-state index is 0.0246. The fourth-order valence-electron chi connectivity index (χ4n) is 5.45. The van der Waals surface area contributed by atoms with Crippen molar-refractivity contribution in [1.29, 1.82) is 0 Å². The number of aliphatic hydroxyl groups is 1. The number of fused-ring (bicyclic) bond motifs is 4. The van der Waals surface area contributed by atoms with Crippen molar-refractivity contribution in [1.82, 2.24) is 34.1 Å². The molecule has 4 N–H and O–H groups in total. The first-order valence-corrected chi connectivity index (χ1v) is 16.3. The first kappa shape index (κ1) is 30.6. The lowest BCUT2D eigenvalue weighted by atomic mass is 10.1. The van der Waals surface area contributed by atoms with E-state index in [2.05, 4.69) is 24.9 Å². The molecular weight excluding hydrogens is 646 g/mol. The van der Waals surface area contributed by atoms with Crippen LogP contribution in [0.3, 0.4) is 0 Å². The molecule has 0 amide bonds. The topological polar surface area (TPSA) is 230 Å². The van der Waals surface area contributed by atoms with Crippen LogP contribution < -0.4 is 11.3 Å². The second kappa shape index (κ2) is 11.0. The van der Waals surface area contributed by atoms with Gasteiger partial charge in [0.15, 0.2) is 41.6 Å². The maximum atomic E-state index is 15.9. The SMILES string of the molecule is [B]P1(=O)OC[C@H]2O[C@@H](n3cnc4c(N)ncnc43)[C@@H](F)C2OP([B])(=O)OC[C@H]2O[C@@H](n3cc(F)c4c(=O)[nH]cnc43)[C@@H](O)C2O1. The number of hydrogen-bond acceptors (Lipinski definition) is 15. The predicted molar refractivity (Wildman–Crippen MR) is 147 cm³/mol. The minimum atomic E-state index is -4.63. The lowest BCUT2D eigenvalue weighted by Crippen LogP contribution is -2.38. The average molecular weight is 666 g/mol. The summed E-state index contributed by atoms with van der Waals surface area (Å²) < 4.78 is 92.3. The highest BCUT2D eigenvalue weighted by atomic mass is 31.2. The molecule has 234 valence electrons.